The van der Waals surface area contributed by atoms with Crippen LogP contribution in [0.15, 0.2) is 42.7 Å². The molecule has 0 saturated carbocycles. The van der Waals surface area contributed by atoms with Gasteiger partial charge in [0.2, 0.25) is 0 Å². The molecule has 1 aromatic carbocycles. The number of pyridine rings is 1. The van der Waals surface area contributed by atoms with Crippen molar-refractivity contribution < 1.29 is 9.90 Å². The molecule has 0 amide bonds. The Hall–Kier alpha value is -2.07. The zero-order chi connectivity index (χ0) is 14.5. The predicted octanol–water partition coefficient (Wildman–Crippen LogP) is 3.11. The molecule has 0 atom stereocenters. The van der Waals surface area contributed by atoms with Gasteiger partial charge in [-0.05, 0) is 36.2 Å². The summed E-state index contributed by atoms with van der Waals surface area (Å²) in [5.74, 6) is -1.01. The van der Waals surface area contributed by atoms with Crippen LogP contribution in [0.3, 0.4) is 0 Å². The lowest BCUT2D eigenvalue weighted by Crippen LogP contribution is -2.22. The van der Waals surface area contributed by atoms with E-state index in [1.165, 1.54) is 0 Å². The topological polar surface area (TPSA) is 53.4 Å². The maximum Gasteiger partial charge on any atom is 0.339 e. The van der Waals surface area contributed by atoms with Gasteiger partial charge in [0, 0.05) is 26.0 Å². The first-order valence-corrected chi connectivity index (χ1v) is 6.59. The summed E-state index contributed by atoms with van der Waals surface area (Å²) in [7, 11) is 1.86. The highest BCUT2D eigenvalue weighted by Gasteiger charge is 2.16. The van der Waals surface area contributed by atoms with E-state index >= 15 is 0 Å². The van der Waals surface area contributed by atoms with E-state index in [-0.39, 0.29) is 10.6 Å². The number of hydrogen-bond donors (Lipinski definition) is 1. The molecule has 0 unspecified atom stereocenters. The third kappa shape index (κ3) is 3.27. The fourth-order valence-corrected chi connectivity index (χ4v) is 2.26. The summed E-state index contributed by atoms with van der Waals surface area (Å²) in [5, 5.41) is 9.52. The standard InChI is InChI=1S/C15H15ClN2O2/c1-18(10-7-11-5-8-17-9-6-11)13-4-2-3-12(16)14(13)15(19)20/h2-6,8-9H,7,10H2,1H3,(H,19,20). The Morgan fingerprint density at radius 1 is 1.30 bits per heavy atom. The number of anilines is 1. The molecule has 1 aromatic heterocycles. The summed E-state index contributed by atoms with van der Waals surface area (Å²) in [5.41, 5.74) is 1.93. The molecule has 2 rings (SSSR count). The second-order valence-electron chi connectivity index (χ2n) is 4.47. The molecule has 0 aliphatic heterocycles. The minimum Gasteiger partial charge on any atom is -0.478 e. The van der Waals surface area contributed by atoms with Crippen molar-refractivity contribution in [1.29, 1.82) is 0 Å². The molecule has 4 nitrogen and oxygen atoms in total. The molecule has 0 bridgehead atoms. The van der Waals surface area contributed by atoms with Crippen molar-refractivity contribution in [2.45, 2.75) is 6.42 Å². The minimum absolute atomic E-state index is 0.145. The van der Waals surface area contributed by atoms with E-state index in [9.17, 15) is 9.90 Å². The highest BCUT2D eigenvalue weighted by Crippen LogP contribution is 2.27. The average Bonchev–Trinajstić information content (AvgIpc) is 2.45. The fourth-order valence-electron chi connectivity index (χ4n) is 2.01. The van der Waals surface area contributed by atoms with Crippen molar-refractivity contribution in [2.75, 3.05) is 18.5 Å². The molecule has 104 valence electrons. The molecule has 0 aliphatic rings. The molecule has 2 aromatic rings. The molecule has 5 heteroatoms. The van der Waals surface area contributed by atoms with Gasteiger partial charge in [-0.25, -0.2) is 4.79 Å². The Morgan fingerprint density at radius 3 is 2.65 bits per heavy atom. The summed E-state index contributed by atoms with van der Waals surface area (Å²) in [6, 6.07) is 9.01. The van der Waals surface area contributed by atoms with E-state index in [0.29, 0.717) is 12.2 Å². The number of carbonyl (C=O) groups is 1. The van der Waals surface area contributed by atoms with Crippen molar-refractivity contribution in [3.05, 3.63) is 58.9 Å². The number of aromatic carboxylic acids is 1. The van der Waals surface area contributed by atoms with Gasteiger partial charge >= 0.3 is 5.97 Å². The summed E-state index contributed by atoms with van der Waals surface area (Å²) >= 11 is 5.97. The number of nitrogens with zero attached hydrogens (tertiary/aromatic N) is 2. The van der Waals surface area contributed by atoms with Crippen LogP contribution >= 0.6 is 11.6 Å². The van der Waals surface area contributed by atoms with Crippen molar-refractivity contribution in [2.24, 2.45) is 0 Å². The molecular formula is C15H15ClN2O2. The lowest BCUT2D eigenvalue weighted by atomic mass is 10.1. The number of halogens is 1. The molecule has 20 heavy (non-hydrogen) atoms. The number of hydrogen-bond acceptors (Lipinski definition) is 3. The summed E-state index contributed by atoms with van der Waals surface area (Å²) in [6.45, 7) is 0.699. The highest BCUT2D eigenvalue weighted by molar-refractivity contribution is 6.34. The monoisotopic (exact) mass is 290 g/mol. The number of carboxylic acid groups (broad SMARTS) is 1. The maximum absolute atomic E-state index is 11.3. The molecule has 0 spiro atoms. The summed E-state index contributed by atoms with van der Waals surface area (Å²) < 4.78 is 0. The van der Waals surface area contributed by atoms with E-state index in [2.05, 4.69) is 4.98 Å². The number of carboxylic acids is 1. The van der Waals surface area contributed by atoms with Crippen LogP contribution in [0.1, 0.15) is 15.9 Å². The number of rotatable bonds is 5. The summed E-state index contributed by atoms with van der Waals surface area (Å²) in [4.78, 5) is 17.2. The fraction of sp³-hybridized carbons (Fsp3) is 0.200. The molecule has 1 heterocycles. The van der Waals surface area contributed by atoms with E-state index in [0.717, 1.165) is 12.0 Å². The molecular weight excluding hydrogens is 276 g/mol. The van der Waals surface area contributed by atoms with Gasteiger partial charge in [0.05, 0.1) is 10.7 Å². The Labute approximate surface area is 122 Å². The van der Waals surface area contributed by atoms with E-state index < -0.39 is 5.97 Å². The third-order valence-corrected chi connectivity index (χ3v) is 3.42. The van der Waals surface area contributed by atoms with Crippen LogP contribution in [0.2, 0.25) is 5.02 Å². The largest absolute Gasteiger partial charge is 0.478 e. The van der Waals surface area contributed by atoms with E-state index in [1.54, 1.807) is 30.6 Å². The smallest absolute Gasteiger partial charge is 0.339 e. The predicted molar refractivity (Wildman–Crippen MR) is 79.6 cm³/mol. The number of likely N-dealkylation sites (N-methyl/N-ethyl adjacent to an activating group) is 1. The van der Waals surface area contributed by atoms with Crippen LogP contribution in [0.25, 0.3) is 0 Å². The number of benzene rings is 1. The van der Waals surface area contributed by atoms with E-state index in [1.807, 2.05) is 24.1 Å². The maximum atomic E-state index is 11.3. The molecule has 1 N–H and O–H groups in total. The van der Waals surface area contributed by atoms with Gasteiger partial charge in [0.1, 0.15) is 5.56 Å². The first-order chi connectivity index (χ1) is 9.59. The van der Waals surface area contributed by atoms with Crippen molar-refractivity contribution >= 4 is 23.3 Å². The molecule has 0 aliphatic carbocycles. The van der Waals surface area contributed by atoms with Gasteiger partial charge in [-0.1, -0.05) is 17.7 Å². The van der Waals surface area contributed by atoms with Gasteiger partial charge in [-0.3, -0.25) is 4.98 Å². The average molecular weight is 291 g/mol. The highest BCUT2D eigenvalue weighted by atomic mass is 35.5. The van der Waals surface area contributed by atoms with Crippen molar-refractivity contribution in [3.63, 3.8) is 0 Å². The first kappa shape index (κ1) is 14.3. The lowest BCUT2D eigenvalue weighted by molar-refractivity contribution is 0.0698. The Morgan fingerprint density at radius 2 is 2.00 bits per heavy atom. The van der Waals surface area contributed by atoms with Gasteiger partial charge in [-0.15, -0.1) is 0 Å². The van der Waals surface area contributed by atoms with Crippen LogP contribution in [-0.4, -0.2) is 29.7 Å². The van der Waals surface area contributed by atoms with Gasteiger partial charge in [-0.2, -0.15) is 0 Å². The summed E-state index contributed by atoms with van der Waals surface area (Å²) in [6.07, 6.45) is 4.30. The van der Waals surface area contributed by atoms with Gasteiger partial charge < -0.3 is 10.0 Å². The van der Waals surface area contributed by atoms with Gasteiger partial charge in [0.15, 0.2) is 0 Å². The van der Waals surface area contributed by atoms with Crippen LogP contribution in [-0.2, 0) is 6.42 Å². The van der Waals surface area contributed by atoms with Crippen LogP contribution in [0, 0.1) is 0 Å². The minimum atomic E-state index is -1.01. The quantitative estimate of drug-likeness (QED) is 0.919. The van der Waals surface area contributed by atoms with Crippen LogP contribution in [0.4, 0.5) is 5.69 Å². The normalized spacial score (nSPS) is 10.3. The molecule has 0 radical (unpaired) electrons. The Kier molecular flexibility index (Phi) is 4.58. The zero-order valence-electron chi connectivity index (χ0n) is 11.1. The number of aromatic nitrogens is 1. The van der Waals surface area contributed by atoms with Crippen LogP contribution < -0.4 is 4.90 Å². The zero-order valence-corrected chi connectivity index (χ0v) is 11.8. The molecule has 0 fully saturated rings. The Bertz CT molecular complexity index is 602. The van der Waals surface area contributed by atoms with Crippen molar-refractivity contribution in [3.8, 4) is 0 Å². The first-order valence-electron chi connectivity index (χ1n) is 6.21. The third-order valence-electron chi connectivity index (χ3n) is 3.10. The lowest BCUT2D eigenvalue weighted by Gasteiger charge is -2.21. The van der Waals surface area contributed by atoms with Gasteiger partial charge in [0.25, 0.3) is 0 Å². The second kappa shape index (κ2) is 6.39. The van der Waals surface area contributed by atoms with Crippen molar-refractivity contribution in [1.82, 2.24) is 4.98 Å². The SMILES string of the molecule is CN(CCc1ccncc1)c1cccc(Cl)c1C(=O)O. The van der Waals surface area contributed by atoms with E-state index in [4.69, 9.17) is 11.6 Å². The molecule has 0 saturated heterocycles. The Balaban J connectivity index is 2.15. The second-order valence-corrected chi connectivity index (χ2v) is 4.87. The van der Waals surface area contributed by atoms with Crippen LogP contribution in [0.5, 0.6) is 0 Å².